The molecule has 1 rings (SSSR count). The summed E-state index contributed by atoms with van der Waals surface area (Å²) in [6.45, 7) is 3.94. The second-order valence-electron chi connectivity index (χ2n) is 3.69. The summed E-state index contributed by atoms with van der Waals surface area (Å²) < 4.78 is 6.19. The zero-order valence-corrected chi connectivity index (χ0v) is 11.7. The van der Waals surface area contributed by atoms with Crippen molar-refractivity contribution in [2.75, 3.05) is 12.4 Å². The van der Waals surface area contributed by atoms with Crippen LogP contribution in [-0.4, -0.2) is 19.1 Å². The molecule has 6 heteroatoms. The number of aliphatic imine (C=N–C) groups is 1. The maximum atomic E-state index is 5.40. The number of benzene rings is 1. The third-order valence-corrected chi connectivity index (χ3v) is 2.43. The van der Waals surface area contributed by atoms with E-state index in [4.69, 9.17) is 10.6 Å². The Labute approximate surface area is 110 Å². The number of halogens is 1. The van der Waals surface area contributed by atoms with Crippen LogP contribution in [0.1, 0.15) is 13.8 Å². The summed E-state index contributed by atoms with van der Waals surface area (Å²) in [6, 6.07) is 5.80. The van der Waals surface area contributed by atoms with Crippen molar-refractivity contribution in [3.8, 4) is 5.75 Å². The highest BCUT2D eigenvalue weighted by Crippen LogP contribution is 2.27. The molecule has 4 N–H and O–H groups in total. The molecule has 0 spiro atoms. The molecule has 0 atom stereocenters. The standard InChI is InChI=1S/C11H17BrN4O/c1-7(2)14-11(16-13)15-9-6-8(12)4-5-10(9)17-3/h4-7H,13H2,1-3H3,(H2,14,15,16). The van der Waals surface area contributed by atoms with Gasteiger partial charge in [0, 0.05) is 10.5 Å². The van der Waals surface area contributed by atoms with Crippen molar-refractivity contribution in [2.24, 2.45) is 10.8 Å². The van der Waals surface area contributed by atoms with Crippen LogP contribution in [0.25, 0.3) is 0 Å². The van der Waals surface area contributed by atoms with Gasteiger partial charge in [-0.3, -0.25) is 5.43 Å². The summed E-state index contributed by atoms with van der Waals surface area (Å²) in [5.41, 5.74) is 3.31. The Morgan fingerprint density at radius 2 is 2.18 bits per heavy atom. The summed E-state index contributed by atoms with van der Waals surface area (Å²) in [7, 11) is 1.61. The molecule has 0 heterocycles. The number of nitrogens with one attached hydrogen (secondary N) is 2. The molecule has 94 valence electrons. The second-order valence-corrected chi connectivity index (χ2v) is 4.60. The van der Waals surface area contributed by atoms with Gasteiger partial charge in [-0.25, -0.2) is 10.8 Å². The van der Waals surface area contributed by atoms with Crippen LogP contribution in [0.4, 0.5) is 5.69 Å². The molecular weight excluding hydrogens is 284 g/mol. The molecule has 1 aromatic rings. The third-order valence-electron chi connectivity index (χ3n) is 1.94. The highest BCUT2D eigenvalue weighted by Gasteiger charge is 2.06. The van der Waals surface area contributed by atoms with Crippen LogP contribution in [0.15, 0.2) is 27.7 Å². The van der Waals surface area contributed by atoms with Gasteiger partial charge in [0.05, 0.1) is 12.8 Å². The van der Waals surface area contributed by atoms with E-state index in [0.717, 1.165) is 15.9 Å². The molecule has 0 bridgehead atoms. The zero-order valence-electron chi connectivity index (χ0n) is 10.1. The van der Waals surface area contributed by atoms with E-state index in [-0.39, 0.29) is 6.04 Å². The Bertz CT molecular complexity index is 406. The van der Waals surface area contributed by atoms with Crippen molar-refractivity contribution in [1.82, 2.24) is 5.43 Å². The van der Waals surface area contributed by atoms with Gasteiger partial charge >= 0.3 is 0 Å². The Kier molecular flexibility index (Phi) is 5.24. The van der Waals surface area contributed by atoms with E-state index in [9.17, 15) is 0 Å². The lowest BCUT2D eigenvalue weighted by atomic mass is 10.3. The average molecular weight is 301 g/mol. The number of anilines is 1. The van der Waals surface area contributed by atoms with Crippen LogP contribution in [0, 0.1) is 0 Å². The number of nitrogens with two attached hydrogens (primary N) is 1. The first-order valence-corrected chi connectivity index (χ1v) is 6.01. The normalized spacial score (nSPS) is 11.5. The number of methoxy groups -OCH3 is 1. The van der Waals surface area contributed by atoms with Crippen molar-refractivity contribution in [2.45, 2.75) is 19.9 Å². The Hall–Kier alpha value is -1.27. The van der Waals surface area contributed by atoms with Gasteiger partial charge in [-0.2, -0.15) is 0 Å². The van der Waals surface area contributed by atoms with Gasteiger partial charge in [0.2, 0.25) is 5.96 Å². The van der Waals surface area contributed by atoms with Crippen LogP contribution in [-0.2, 0) is 0 Å². The summed E-state index contributed by atoms with van der Waals surface area (Å²) in [5.74, 6) is 6.62. The van der Waals surface area contributed by atoms with Gasteiger partial charge < -0.3 is 10.1 Å². The van der Waals surface area contributed by atoms with Crippen molar-refractivity contribution in [1.29, 1.82) is 0 Å². The van der Waals surface area contributed by atoms with Gasteiger partial charge in [0.15, 0.2) is 0 Å². The van der Waals surface area contributed by atoms with Crippen LogP contribution >= 0.6 is 15.9 Å². The van der Waals surface area contributed by atoms with Crippen molar-refractivity contribution in [3.05, 3.63) is 22.7 Å². The fourth-order valence-corrected chi connectivity index (χ4v) is 1.63. The number of rotatable bonds is 3. The lowest BCUT2D eigenvalue weighted by molar-refractivity contribution is 0.417. The lowest BCUT2D eigenvalue weighted by Gasteiger charge is -2.13. The van der Waals surface area contributed by atoms with Gasteiger partial charge in [0.1, 0.15) is 5.75 Å². The topological polar surface area (TPSA) is 71.7 Å². The summed E-state index contributed by atoms with van der Waals surface area (Å²) in [6.07, 6.45) is 0. The predicted octanol–water partition coefficient (Wildman–Crippen LogP) is 2.10. The molecule has 0 aliphatic rings. The smallest absolute Gasteiger partial charge is 0.210 e. The fraction of sp³-hybridized carbons (Fsp3) is 0.364. The summed E-state index contributed by atoms with van der Waals surface area (Å²) in [4.78, 5) is 4.29. The largest absolute Gasteiger partial charge is 0.495 e. The minimum absolute atomic E-state index is 0.145. The van der Waals surface area contributed by atoms with Crippen molar-refractivity contribution >= 4 is 27.6 Å². The lowest BCUT2D eigenvalue weighted by Crippen LogP contribution is -2.37. The highest BCUT2D eigenvalue weighted by atomic mass is 79.9. The quantitative estimate of drug-likeness (QED) is 0.346. The molecule has 1 aromatic carbocycles. The number of hydrogen-bond acceptors (Lipinski definition) is 3. The van der Waals surface area contributed by atoms with E-state index in [1.165, 1.54) is 0 Å². The number of hydrogen-bond donors (Lipinski definition) is 3. The van der Waals surface area contributed by atoms with Gasteiger partial charge in [-0.05, 0) is 32.0 Å². The van der Waals surface area contributed by atoms with E-state index in [0.29, 0.717) is 5.96 Å². The molecule has 0 aliphatic heterocycles. The molecule has 0 unspecified atom stereocenters. The van der Waals surface area contributed by atoms with Gasteiger partial charge in [-0.1, -0.05) is 15.9 Å². The number of guanidine groups is 1. The molecule has 0 saturated carbocycles. The molecule has 0 saturated heterocycles. The molecule has 0 aromatic heterocycles. The molecule has 0 aliphatic carbocycles. The Morgan fingerprint density at radius 3 is 2.71 bits per heavy atom. The monoisotopic (exact) mass is 300 g/mol. The molecular formula is C11H17BrN4O. The van der Waals surface area contributed by atoms with E-state index >= 15 is 0 Å². The molecule has 0 radical (unpaired) electrons. The fourth-order valence-electron chi connectivity index (χ4n) is 1.27. The average Bonchev–Trinajstić information content (AvgIpc) is 2.28. The second kappa shape index (κ2) is 6.46. The van der Waals surface area contributed by atoms with E-state index in [1.54, 1.807) is 7.11 Å². The molecule has 5 nitrogen and oxygen atoms in total. The third kappa shape index (κ3) is 4.24. The Morgan fingerprint density at radius 1 is 1.47 bits per heavy atom. The Balaban J connectivity index is 2.96. The molecule has 0 fully saturated rings. The maximum Gasteiger partial charge on any atom is 0.210 e. The summed E-state index contributed by atoms with van der Waals surface area (Å²) >= 11 is 3.40. The van der Waals surface area contributed by atoms with E-state index in [1.807, 2.05) is 32.0 Å². The van der Waals surface area contributed by atoms with Crippen LogP contribution in [0.3, 0.4) is 0 Å². The van der Waals surface area contributed by atoms with Gasteiger partial charge in [0.25, 0.3) is 0 Å². The number of hydrazine groups is 1. The highest BCUT2D eigenvalue weighted by molar-refractivity contribution is 9.10. The van der Waals surface area contributed by atoms with Crippen LogP contribution < -0.4 is 21.3 Å². The predicted molar refractivity (Wildman–Crippen MR) is 74.2 cm³/mol. The minimum atomic E-state index is 0.145. The first kappa shape index (κ1) is 13.8. The van der Waals surface area contributed by atoms with Crippen molar-refractivity contribution < 1.29 is 4.74 Å². The number of nitrogens with zero attached hydrogens (tertiary/aromatic N) is 1. The van der Waals surface area contributed by atoms with Crippen LogP contribution in [0.2, 0.25) is 0 Å². The first-order chi connectivity index (χ1) is 8.06. The molecule has 17 heavy (non-hydrogen) atoms. The molecule has 0 amide bonds. The maximum absolute atomic E-state index is 5.40. The first-order valence-electron chi connectivity index (χ1n) is 5.21. The van der Waals surface area contributed by atoms with Gasteiger partial charge in [-0.15, -0.1) is 0 Å². The minimum Gasteiger partial charge on any atom is -0.495 e. The van der Waals surface area contributed by atoms with E-state index < -0.39 is 0 Å². The van der Waals surface area contributed by atoms with Crippen LogP contribution in [0.5, 0.6) is 5.75 Å². The number of ether oxygens (including phenoxy) is 1. The zero-order chi connectivity index (χ0) is 12.8. The summed E-state index contributed by atoms with van der Waals surface area (Å²) in [5, 5.41) is 3.08. The SMILES string of the molecule is COc1ccc(Br)cc1NC(=NC(C)C)NN. The van der Waals surface area contributed by atoms with Crippen molar-refractivity contribution in [3.63, 3.8) is 0 Å². The van der Waals surface area contributed by atoms with E-state index in [2.05, 4.69) is 31.7 Å².